The quantitative estimate of drug-likeness (QED) is 0.316. The molecule has 1 aromatic heterocycles. The number of methoxy groups -OCH3 is 1. The van der Waals surface area contributed by atoms with Crippen molar-refractivity contribution < 1.29 is 18.7 Å². The molecule has 6 heteroatoms. The zero-order chi connectivity index (χ0) is 25.4. The molecule has 4 aromatic rings. The molecule has 0 bridgehead atoms. The summed E-state index contributed by atoms with van der Waals surface area (Å²) in [6, 6.07) is 18.4. The van der Waals surface area contributed by atoms with Crippen LogP contribution in [0.3, 0.4) is 0 Å². The number of fused-ring (bicyclic) bond motifs is 2. The van der Waals surface area contributed by atoms with Gasteiger partial charge in [-0.25, -0.2) is 0 Å². The number of rotatable bonds is 7. The third-order valence-corrected chi connectivity index (χ3v) is 6.48. The van der Waals surface area contributed by atoms with Crippen LogP contribution in [0.4, 0.5) is 0 Å². The fourth-order valence-electron chi connectivity index (χ4n) is 4.90. The molecule has 1 amide bonds. The lowest BCUT2D eigenvalue weighted by molar-refractivity contribution is 0.0748. The second kappa shape index (κ2) is 9.38. The molecule has 5 rings (SSSR count). The summed E-state index contributed by atoms with van der Waals surface area (Å²) in [7, 11) is 1.57. The summed E-state index contributed by atoms with van der Waals surface area (Å²) >= 11 is 0. The molecule has 0 fully saturated rings. The van der Waals surface area contributed by atoms with Gasteiger partial charge in [0.2, 0.25) is 5.76 Å². The van der Waals surface area contributed by atoms with Crippen molar-refractivity contribution in [2.75, 3.05) is 13.7 Å². The van der Waals surface area contributed by atoms with Gasteiger partial charge in [0.05, 0.1) is 24.1 Å². The number of benzene rings is 3. The minimum Gasteiger partial charge on any atom is -0.493 e. The Balaban J connectivity index is 1.61. The third kappa shape index (κ3) is 3.94. The van der Waals surface area contributed by atoms with Crippen LogP contribution >= 0.6 is 0 Å². The Kier molecular flexibility index (Phi) is 6.10. The van der Waals surface area contributed by atoms with Crippen LogP contribution in [0.1, 0.15) is 44.4 Å². The maximum Gasteiger partial charge on any atom is 0.291 e. The van der Waals surface area contributed by atoms with Crippen molar-refractivity contribution in [3.05, 3.63) is 117 Å². The molecule has 0 saturated carbocycles. The van der Waals surface area contributed by atoms with Crippen LogP contribution in [0.2, 0.25) is 0 Å². The van der Waals surface area contributed by atoms with Gasteiger partial charge in [-0.3, -0.25) is 9.59 Å². The van der Waals surface area contributed by atoms with Crippen molar-refractivity contribution >= 4 is 16.9 Å². The maximum atomic E-state index is 13.8. The van der Waals surface area contributed by atoms with E-state index in [0.717, 1.165) is 22.3 Å². The van der Waals surface area contributed by atoms with E-state index in [1.165, 1.54) is 0 Å². The van der Waals surface area contributed by atoms with E-state index in [9.17, 15) is 9.59 Å². The molecule has 36 heavy (non-hydrogen) atoms. The van der Waals surface area contributed by atoms with E-state index in [1.54, 1.807) is 24.2 Å². The molecule has 0 saturated heterocycles. The number of carbonyl (C=O) groups is 1. The van der Waals surface area contributed by atoms with E-state index in [2.05, 4.69) is 6.58 Å². The summed E-state index contributed by atoms with van der Waals surface area (Å²) in [5, 5.41) is 0.493. The Morgan fingerprint density at radius 3 is 2.53 bits per heavy atom. The average Bonchev–Trinajstić information content (AvgIpc) is 3.14. The smallest absolute Gasteiger partial charge is 0.291 e. The molecule has 1 aliphatic heterocycles. The van der Waals surface area contributed by atoms with Crippen LogP contribution < -0.4 is 14.9 Å². The molecule has 0 radical (unpaired) electrons. The Bertz CT molecular complexity index is 1540. The van der Waals surface area contributed by atoms with Crippen LogP contribution in [0, 0.1) is 13.8 Å². The number of aryl methyl sites for hydroxylation is 2. The van der Waals surface area contributed by atoms with E-state index in [4.69, 9.17) is 13.9 Å². The Morgan fingerprint density at radius 2 is 1.81 bits per heavy atom. The van der Waals surface area contributed by atoms with Gasteiger partial charge in [0.1, 0.15) is 12.2 Å². The monoisotopic (exact) mass is 481 g/mol. The molecule has 1 atom stereocenters. The summed E-state index contributed by atoms with van der Waals surface area (Å²) in [5.41, 5.74) is 4.10. The average molecular weight is 482 g/mol. The lowest BCUT2D eigenvalue weighted by Gasteiger charge is -2.24. The highest BCUT2D eigenvalue weighted by molar-refractivity contribution is 5.99. The highest BCUT2D eigenvalue weighted by Gasteiger charge is 2.42. The largest absolute Gasteiger partial charge is 0.493 e. The molecule has 0 aliphatic carbocycles. The van der Waals surface area contributed by atoms with Crippen LogP contribution in [-0.2, 0) is 6.61 Å². The molecule has 6 nitrogen and oxygen atoms in total. The predicted octanol–water partition coefficient (Wildman–Crippen LogP) is 5.73. The van der Waals surface area contributed by atoms with Crippen molar-refractivity contribution in [1.82, 2.24) is 4.90 Å². The molecular weight excluding hydrogens is 454 g/mol. The number of nitrogens with zero attached hydrogens (tertiary/aromatic N) is 1. The zero-order valence-electron chi connectivity index (χ0n) is 20.5. The van der Waals surface area contributed by atoms with E-state index in [0.29, 0.717) is 34.6 Å². The van der Waals surface area contributed by atoms with Gasteiger partial charge < -0.3 is 18.8 Å². The highest BCUT2D eigenvalue weighted by Crippen LogP contribution is 2.41. The third-order valence-electron chi connectivity index (χ3n) is 6.48. The number of ether oxygens (including phenoxy) is 2. The van der Waals surface area contributed by atoms with Gasteiger partial charge in [-0.15, -0.1) is 6.58 Å². The maximum absolute atomic E-state index is 13.8. The minimum absolute atomic E-state index is 0.0766. The lowest BCUT2D eigenvalue weighted by Crippen LogP contribution is -2.29. The van der Waals surface area contributed by atoms with Crippen molar-refractivity contribution in [3.8, 4) is 11.5 Å². The highest BCUT2D eigenvalue weighted by atomic mass is 16.5. The molecule has 182 valence electrons. The Hall–Kier alpha value is -4.32. The van der Waals surface area contributed by atoms with Crippen molar-refractivity contribution in [3.63, 3.8) is 0 Å². The van der Waals surface area contributed by atoms with Gasteiger partial charge in [-0.05, 0) is 54.3 Å². The lowest BCUT2D eigenvalue weighted by atomic mass is 9.96. The van der Waals surface area contributed by atoms with E-state index in [-0.39, 0.29) is 23.6 Å². The zero-order valence-corrected chi connectivity index (χ0v) is 20.5. The van der Waals surface area contributed by atoms with Crippen molar-refractivity contribution in [1.29, 1.82) is 0 Å². The van der Waals surface area contributed by atoms with E-state index < -0.39 is 6.04 Å². The first kappa shape index (κ1) is 23.4. The van der Waals surface area contributed by atoms with Crippen LogP contribution in [-0.4, -0.2) is 24.5 Å². The van der Waals surface area contributed by atoms with Gasteiger partial charge >= 0.3 is 0 Å². The van der Waals surface area contributed by atoms with Crippen LogP contribution in [0.15, 0.2) is 82.5 Å². The first-order valence-corrected chi connectivity index (χ1v) is 11.8. The summed E-state index contributed by atoms with van der Waals surface area (Å²) in [6.07, 6.45) is 1.64. The van der Waals surface area contributed by atoms with Gasteiger partial charge in [0.15, 0.2) is 16.9 Å². The van der Waals surface area contributed by atoms with Gasteiger partial charge in [-0.2, -0.15) is 0 Å². The molecule has 3 aromatic carbocycles. The molecule has 2 heterocycles. The summed E-state index contributed by atoms with van der Waals surface area (Å²) in [4.78, 5) is 28.8. The van der Waals surface area contributed by atoms with Crippen LogP contribution in [0.5, 0.6) is 11.5 Å². The second-order valence-electron chi connectivity index (χ2n) is 8.96. The number of carbonyl (C=O) groups excluding carboxylic acids is 1. The molecular formula is C30H27NO5. The Labute approximate surface area is 209 Å². The fourth-order valence-corrected chi connectivity index (χ4v) is 4.90. The summed E-state index contributed by atoms with van der Waals surface area (Å²) in [6.45, 7) is 8.27. The van der Waals surface area contributed by atoms with E-state index in [1.807, 2.05) is 68.4 Å². The SMILES string of the molecule is C=CCN1C(=O)c2oc3cc(C)cc(C)c3c(=O)c2C1c1ccc(OCc2ccccc2)c(OC)c1. The Morgan fingerprint density at radius 1 is 1.03 bits per heavy atom. The normalized spacial score (nSPS) is 14.7. The summed E-state index contributed by atoms with van der Waals surface area (Å²) in [5.74, 6) is 0.825. The number of hydrogen-bond donors (Lipinski definition) is 0. The number of hydrogen-bond acceptors (Lipinski definition) is 5. The summed E-state index contributed by atoms with van der Waals surface area (Å²) < 4.78 is 17.7. The minimum atomic E-state index is -0.635. The standard InChI is InChI=1S/C30H27NO5/c1-5-13-31-27(21-11-12-22(23(16-21)34-4)35-17-20-9-7-6-8-10-20)26-28(32)25-19(3)14-18(2)15-24(25)36-29(26)30(31)33/h5-12,14-16,27H,1,13,17H2,2-4H3. The topological polar surface area (TPSA) is 69.0 Å². The van der Waals surface area contributed by atoms with Gasteiger partial charge in [0.25, 0.3) is 5.91 Å². The van der Waals surface area contributed by atoms with Crippen molar-refractivity contribution in [2.24, 2.45) is 0 Å². The van der Waals surface area contributed by atoms with Gasteiger partial charge in [-0.1, -0.05) is 48.5 Å². The van der Waals surface area contributed by atoms with E-state index >= 15 is 0 Å². The first-order chi connectivity index (χ1) is 17.4. The van der Waals surface area contributed by atoms with Gasteiger partial charge in [0, 0.05) is 6.54 Å². The fraction of sp³-hybridized carbons (Fsp3) is 0.200. The first-order valence-electron chi connectivity index (χ1n) is 11.8. The molecule has 1 unspecified atom stereocenters. The predicted molar refractivity (Wildman–Crippen MR) is 139 cm³/mol. The second-order valence-corrected chi connectivity index (χ2v) is 8.96. The van der Waals surface area contributed by atoms with Crippen LogP contribution in [0.25, 0.3) is 11.0 Å². The molecule has 0 N–H and O–H groups in total. The number of amides is 1. The van der Waals surface area contributed by atoms with Crippen molar-refractivity contribution in [2.45, 2.75) is 26.5 Å². The molecule has 0 spiro atoms. The molecule has 1 aliphatic rings.